The maximum Gasteiger partial charge on any atom is 0.282 e. The Morgan fingerprint density at radius 1 is 1.05 bits per heavy atom. The predicted molar refractivity (Wildman–Crippen MR) is 77.1 cm³/mol. The highest BCUT2D eigenvalue weighted by atomic mass is 32.2. The van der Waals surface area contributed by atoms with Gasteiger partial charge < -0.3 is 5.73 Å². The molecule has 7 nitrogen and oxygen atoms in total. The van der Waals surface area contributed by atoms with E-state index >= 15 is 0 Å². The Balaban J connectivity index is 2.09. The average Bonchev–Trinajstić information content (AvgIpc) is 2.60. The summed E-state index contributed by atoms with van der Waals surface area (Å²) in [5.41, 5.74) is 5.63. The molecule has 2 saturated heterocycles. The van der Waals surface area contributed by atoms with Gasteiger partial charge in [0.05, 0.1) is 11.5 Å². The first kappa shape index (κ1) is 16.2. The van der Waals surface area contributed by atoms with E-state index in [4.69, 9.17) is 5.73 Å². The number of nitrogens with zero attached hydrogens (tertiary/aromatic N) is 2. The third-order valence-electron chi connectivity index (χ3n) is 3.98. The summed E-state index contributed by atoms with van der Waals surface area (Å²) in [5.74, 6) is 0.194. The Bertz CT molecular complexity index is 532. The van der Waals surface area contributed by atoms with Crippen molar-refractivity contribution in [3.05, 3.63) is 0 Å². The first-order chi connectivity index (χ1) is 9.35. The van der Waals surface area contributed by atoms with Crippen molar-refractivity contribution in [1.82, 2.24) is 8.61 Å². The molecule has 0 spiro atoms. The van der Waals surface area contributed by atoms with Crippen molar-refractivity contribution in [2.24, 2.45) is 11.7 Å². The van der Waals surface area contributed by atoms with Crippen LogP contribution >= 0.6 is 0 Å². The number of hydrogen-bond acceptors (Lipinski definition) is 5. The summed E-state index contributed by atoms with van der Waals surface area (Å²) >= 11 is 0. The highest BCUT2D eigenvalue weighted by Gasteiger charge is 2.35. The zero-order valence-electron chi connectivity index (χ0n) is 11.6. The Kier molecular flexibility index (Phi) is 5.06. The van der Waals surface area contributed by atoms with Crippen LogP contribution in [0.4, 0.5) is 0 Å². The second-order valence-corrected chi connectivity index (χ2v) is 9.75. The number of hydrogen-bond donors (Lipinski definition) is 1. The molecule has 0 aromatic rings. The zero-order chi connectivity index (χ0) is 14.8. The third-order valence-corrected chi connectivity index (χ3v) is 7.70. The van der Waals surface area contributed by atoms with Gasteiger partial charge >= 0.3 is 0 Å². The molecule has 9 heteroatoms. The Morgan fingerprint density at radius 3 is 2.45 bits per heavy atom. The van der Waals surface area contributed by atoms with E-state index in [0.717, 1.165) is 12.8 Å². The monoisotopic (exact) mass is 325 g/mol. The molecule has 2 fully saturated rings. The van der Waals surface area contributed by atoms with Crippen molar-refractivity contribution in [1.29, 1.82) is 0 Å². The van der Waals surface area contributed by atoms with Crippen molar-refractivity contribution in [2.75, 3.05) is 44.2 Å². The largest absolute Gasteiger partial charge is 0.330 e. The Morgan fingerprint density at radius 2 is 1.75 bits per heavy atom. The van der Waals surface area contributed by atoms with E-state index in [2.05, 4.69) is 0 Å². The fourth-order valence-corrected chi connectivity index (χ4v) is 5.89. The fraction of sp³-hybridized carbons (Fsp3) is 1.00. The van der Waals surface area contributed by atoms with E-state index < -0.39 is 20.0 Å². The van der Waals surface area contributed by atoms with Gasteiger partial charge in [0, 0.05) is 26.2 Å². The van der Waals surface area contributed by atoms with Crippen LogP contribution in [-0.2, 0) is 20.0 Å². The maximum absolute atomic E-state index is 12.6. The fourth-order valence-electron chi connectivity index (χ4n) is 2.74. The Labute approximate surface area is 121 Å². The highest BCUT2D eigenvalue weighted by Crippen LogP contribution is 2.21. The summed E-state index contributed by atoms with van der Waals surface area (Å²) in [4.78, 5) is 0. The number of nitrogens with two attached hydrogens (primary N) is 1. The molecule has 0 aromatic heterocycles. The molecule has 2 rings (SSSR count). The lowest BCUT2D eigenvalue weighted by molar-refractivity contribution is 0.252. The van der Waals surface area contributed by atoms with E-state index in [1.54, 1.807) is 0 Å². The topological polar surface area (TPSA) is 101 Å². The van der Waals surface area contributed by atoms with E-state index in [-0.39, 0.29) is 30.5 Å². The summed E-state index contributed by atoms with van der Waals surface area (Å²) < 4.78 is 51.1. The van der Waals surface area contributed by atoms with Gasteiger partial charge in [0.1, 0.15) is 0 Å². The van der Waals surface area contributed by atoms with Crippen molar-refractivity contribution in [3.8, 4) is 0 Å². The molecule has 118 valence electrons. The summed E-state index contributed by atoms with van der Waals surface area (Å²) in [7, 11) is -6.66. The number of piperidine rings is 1. The lowest BCUT2D eigenvalue weighted by Gasteiger charge is -2.34. The molecule has 0 amide bonds. The van der Waals surface area contributed by atoms with Crippen LogP contribution in [0.1, 0.15) is 19.3 Å². The van der Waals surface area contributed by atoms with Crippen molar-refractivity contribution < 1.29 is 16.8 Å². The molecular formula is C11H23N3O4S2. The van der Waals surface area contributed by atoms with Gasteiger partial charge in [-0.25, -0.2) is 8.42 Å². The highest BCUT2D eigenvalue weighted by molar-refractivity contribution is 7.91. The van der Waals surface area contributed by atoms with Gasteiger partial charge in [-0.3, -0.25) is 0 Å². The molecule has 0 aliphatic carbocycles. The van der Waals surface area contributed by atoms with Crippen LogP contribution in [0.15, 0.2) is 0 Å². The van der Waals surface area contributed by atoms with Gasteiger partial charge in [-0.1, -0.05) is 0 Å². The van der Waals surface area contributed by atoms with Crippen LogP contribution in [0.5, 0.6) is 0 Å². The summed E-state index contributed by atoms with van der Waals surface area (Å²) in [6.45, 7) is 1.78. The molecule has 0 radical (unpaired) electrons. The third kappa shape index (κ3) is 3.70. The second kappa shape index (κ2) is 6.27. The van der Waals surface area contributed by atoms with Crippen LogP contribution in [0.3, 0.4) is 0 Å². The molecule has 0 aromatic carbocycles. The second-order valence-electron chi connectivity index (χ2n) is 5.51. The van der Waals surface area contributed by atoms with Gasteiger partial charge in [-0.15, -0.1) is 0 Å². The van der Waals surface area contributed by atoms with Crippen molar-refractivity contribution >= 4 is 20.0 Å². The lowest BCUT2D eigenvalue weighted by atomic mass is 10.0. The van der Waals surface area contributed by atoms with Crippen molar-refractivity contribution in [3.63, 3.8) is 0 Å². The molecule has 20 heavy (non-hydrogen) atoms. The minimum absolute atomic E-state index is 0.0639. The first-order valence-corrected chi connectivity index (χ1v) is 10.2. The molecule has 2 aliphatic heterocycles. The maximum atomic E-state index is 12.6. The minimum atomic E-state index is -3.55. The van der Waals surface area contributed by atoms with E-state index in [0.29, 0.717) is 26.1 Å². The van der Waals surface area contributed by atoms with E-state index in [1.807, 2.05) is 0 Å². The zero-order valence-corrected chi connectivity index (χ0v) is 13.2. The summed E-state index contributed by atoms with van der Waals surface area (Å²) in [5, 5.41) is 0. The molecule has 2 heterocycles. The normalized spacial score (nSPS) is 29.9. The number of sulfone groups is 1. The van der Waals surface area contributed by atoms with Gasteiger partial charge in [-0.05, 0) is 31.7 Å². The molecule has 0 bridgehead atoms. The minimum Gasteiger partial charge on any atom is -0.330 e. The SMILES string of the molecule is NCC1CCCN(S(=O)(=O)N2CCCS(=O)(=O)CC2)C1. The summed E-state index contributed by atoms with van der Waals surface area (Å²) in [6.07, 6.45) is 2.14. The standard InChI is InChI=1S/C11H23N3O4S2/c12-9-11-3-1-4-14(10-11)20(17,18)13-5-2-7-19(15,16)8-6-13/h11H,1-10,12H2. The molecule has 1 atom stereocenters. The molecule has 0 saturated carbocycles. The Hall–Kier alpha value is -0.220. The average molecular weight is 325 g/mol. The van der Waals surface area contributed by atoms with Crippen LogP contribution < -0.4 is 5.73 Å². The lowest BCUT2D eigenvalue weighted by Crippen LogP contribution is -2.49. The van der Waals surface area contributed by atoms with E-state index in [1.165, 1.54) is 8.61 Å². The van der Waals surface area contributed by atoms with Crippen LogP contribution in [-0.4, -0.2) is 69.7 Å². The molecule has 1 unspecified atom stereocenters. The van der Waals surface area contributed by atoms with Crippen molar-refractivity contribution in [2.45, 2.75) is 19.3 Å². The van der Waals surface area contributed by atoms with Gasteiger partial charge in [0.25, 0.3) is 10.2 Å². The first-order valence-electron chi connectivity index (χ1n) is 7.01. The molecule has 2 aliphatic rings. The van der Waals surface area contributed by atoms with Gasteiger partial charge in [0.2, 0.25) is 0 Å². The van der Waals surface area contributed by atoms with Crippen LogP contribution in [0.2, 0.25) is 0 Å². The van der Waals surface area contributed by atoms with Crippen LogP contribution in [0.25, 0.3) is 0 Å². The smallest absolute Gasteiger partial charge is 0.282 e. The van der Waals surface area contributed by atoms with Gasteiger partial charge in [-0.2, -0.15) is 17.0 Å². The predicted octanol–water partition coefficient (Wildman–Crippen LogP) is -0.978. The molecule has 2 N–H and O–H groups in total. The van der Waals surface area contributed by atoms with Crippen LogP contribution in [0, 0.1) is 5.92 Å². The van der Waals surface area contributed by atoms with Gasteiger partial charge in [0.15, 0.2) is 9.84 Å². The molecular weight excluding hydrogens is 302 g/mol. The number of rotatable bonds is 3. The quantitative estimate of drug-likeness (QED) is 0.719. The summed E-state index contributed by atoms with van der Waals surface area (Å²) in [6, 6.07) is 0. The van der Waals surface area contributed by atoms with E-state index in [9.17, 15) is 16.8 Å².